The fourth-order valence-corrected chi connectivity index (χ4v) is 1.86. The highest BCUT2D eigenvalue weighted by Gasteiger charge is 2.16. The maximum absolute atomic E-state index is 6.09. The van der Waals surface area contributed by atoms with Crippen molar-refractivity contribution in [3.63, 3.8) is 0 Å². The van der Waals surface area contributed by atoms with Gasteiger partial charge >= 0.3 is 0 Å². The Balaban J connectivity index is 2.41. The normalized spacial score (nSPS) is 12.0. The molecule has 104 valence electrons. The molecule has 3 heteroatoms. The average molecular weight is 267 g/mol. The molecular weight excluding hydrogens is 246 g/mol. The van der Waals surface area contributed by atoms with Gasteiger partial charge in [-0.15, -0.1) is 0 Å². The molecule has 0 aliphatic heterocycles. The van der Waals surface area contributed by atoms with Crippen LogP contribution in [0.5, 0.6) is 0 Å². The van der Waals surface area contributed by atoms with Gasteiger partial charge in [0.25, 0.3) is 0 Å². The molecule has 0 unspecified atom stereocenters. The molecule has 0 amide bonds. The van der Waals surface area contributed by atoms with E-state index >= 15 is 0 Å². The van der Waals surface area contributed by atoms with Gasteiger partial charge in [-0.1, -0.05) is 39.0 Å². The van der Waals surface area contributed by atoms with E-state index in [1.54, 1.807) is 0 Å². The summed E-state index contributed by atoms with van der Waals surface area (Å²) < 4.78 is 0. The maximum atomic E-state index is 6.09. The molecule has 0 aliphatic carbocycles. The first-order chi connectivity index (χ1) is 9.38. The molecule has 0 fully saturated rings. The molecule has 2 N–H and O–H groups in total. The number of nitrogens with two attached hydrogens (primary N) is 1. The van der Waals surface area contributed by atoms with E-state index in [-0.39, 0.29) is 5.41 Å². The monoisotopic (exact) mass is 267 g/mol. The topological polar surface area (TPSA) is 50.7 Å². The van der Waals surface area contributed by atoms with Crippen molar-refractivity contribution in [1.82, 2.24) is 0 Å². The molecule has 0 spiro atoms. The number of nitrogens with zero attached hydrogens (tertiary/aromatic N) is 2. The first-order valence-corrected chi connectivity index (χ1v) is 6.75. The van der Waals surface area contributed by atoms with E-state index in [1.165, 1.54) is 5.56 Å². The highest BCUT2D eigenvalue weighted by Crippen LogP contribution is 2.33. The van der Waals surface area contributed by atoms with Crippen molar-refractivity contribution in [2.24, 2.45) is 10.2 Å². The number of hydrogen-bond donors (Lipinski definition) is 1. The molecule has 3 nitrogen and oxygen atoms in total. The van der Waals surface area contributed by atoms with Crippen LogP contribution in [0.4, 0.5) is 17.1 Å². The van der Waals surface area contributed by atoms with Crippen molar-refractivity contribution < 1.29 is 0 Å². The van der Waals surface area contributed by atoms with E-state index in [9.17, 15) is 0 Å². The molecule has 0 heterocycles. The summed E-state index contributed by atoms with van der Waals surface area (Å²) in [5.41, 5.74) is 10.7. The van der Waals surface area contributed by atoms with Gasteiger partial charge in [-0.3, -0.25) is 0 Å². The summed E-state index contributed by atoms with van der Waals surface area (Å²) in [6.07, 6.45) is 0. The first-order valence-electron chi connectivity index (χ1n) is 6.75. The molecule has 0 atom stereocenters. The average Bonchev–Trinajstić information content (AvgIpc) is 2.40. The van der Waals surface area contributed by atoms with Crippen LogP contribution in [0.3, 0.4) is 0 Å². The number of rotatable bonds is 2. The van der Waals surface area contributed by atoms with E-state index in [4.69, 9.17) is 5.73 Å². The van der Waals surface area contributed by atoms with Crippen LogP contribution < -0.4 is 5.73 Å². The lowest BCUT2D eigenvalue weighted by atomic mass is 9.86. The number of hydrogen-bond acceptors (Lipinski definition) is 3. The fourth-order valence-electron chi connectivity index (χ4n) is 1.86. The van der Waals surface area contributed by atoms with E-state index in [0.717, 1.165) is 22.6 Å². The summed E-state index contributed by atoms with van der Waals surface area (Å²) in [4.78, 5) is 0. The van der Waals surface area contributed by atoms with Gasteiger partial charge in [0.05, 0.1) is 11.4 Å². The number of azo groups is 1. The summed E-state index contributed by atoms with van der Waals surface area (Å²) in [7, 11) is 0. The molecule has 20 heavy (non-hydrogen) atoms. The minimum atomic E-state index is 0.0405. The third kappa shape index (κ3) is 3.23. The Bertz CT molecular complexity index is 623. The van der Waals surface area contributed by atoms with Crippen LogP contribution in [-0.2, 0) is 5.41 Å². The quantitative estimate of drug-likeness (QED) is 0.583. The van der Waals surface area contributed by atoms with Crippen LogP contribution >= 0.6 is 0 Å². The molecule has 2 aromatic rings. The Kier molecular flexibility index (Phi) is 3.89. The van der Waals surface area contributed by atoms with Gasteiger partial charge in [0, 0.05) is 5.69 Å². The lowest BCUT2D eigenvalue weighted by Crippen LogP contribution is -2.11. The van der Waals surface area contributed by atoms with Gasteiger partial charge in [-0.25, -0.2) is 0 Å². The Labute approximate surface area is 120 Å². The maximum Gasteiger partial charge on any atom is 0.0909 e. The second-order valence-corrected chi connectivity index (χ2v) is 6.00. The second kappa shape index (κ2) is 5.45. The smallest absolute Gasteiger partial charge is 0.0909 e. The summed E-state index contributed by atoms with van der Waals surface area (Å²) in [6, 6.07) is 13.8. The van der Waals surface area contributed by atoms with E-state index in [2.05, 4.69) is 37.1 Å². The minimum Gasteiger partial charge on any atom is -0.398 e. The van der Waals surface area contributed by atoms with Crippen molar-refractivity contribution in [3.8, 4) is 0 Å². The zero-order valence-corrected chi connectivity index (χ0v) is 12.5. The predicted molar refractivity (Wildman–Crippen MR) is 84.9 cm³/mol. The molecule has 0 saturated heterocycles. The van der Waals surface area contributed by atoms with E-state index < -0.39 is 0 Å². The molecule has 0 aromatic heterocycles. The summed E-state index contributed by atoms with van der Waals surface area (Å²) in [6.45, 7) is 8.46. The van der Waals surface area contributed by atoms with Gasteiger partial charge in [-0.05, 0) is 47.7 Å². The molecule has 0 saturated carbocycles. The van der Waals surface area contributed by atoms with Crippen LogP contribution in [0.1, 0.15) is 31.9 Å². The third-order valence-corrected chi connectivity index (χ3v) is 3.32. The summed E-state index contributed by atoms with van der Waals surface area (Å²) in [5.74, 6) is 0. The van der Waals surface area contributed by atoms with Crippen LogP contribution in [0.2, 0.25) is 0 Å². The van der Waals surface area contributed by atoms with Crippen LogP contribution in [-0.4, -0.2) is 0 Å². The molecule has 2 rings (SSSR count). The van der Waals surface area contributed by atoms with E-state index in [1.807, 2.05) is 43.3 Å². The van der Waals surface area contributed by atoms with Gasteiger partial charge in [-0.2, -0.15) is 10.2 Å². The van der Waals surface area contributed by atoms with Crippen molar-refractivity contribution in [2.45, 2.75) is 33.1 Å². The van der Waals surface area contributed by atoms with Gasteiger partial charge < -0.3 is 5.73 Å². The Morgan fingerprint density at radius 2 is 1.60 bits per heavy atom. The number of benzene rings is 2. The Hall–Kier alpha value is -2.16. The SMILES string of the molecule is Cc1c(N)cc(C(C)(C)C)cc1N=Nc1ccccc1. The van der Waals surface area contributed by atoms with Crippen molar-refractivity contribution in [2.75, 3.05) is 5.73 Å². The van der Waals surface area contributed by atoms with Crippen molar-refractivity contribution in [3.05, 3.63) is 53.6 Å². The molecule has 0 radical (unpaired) electrons. The summed E-state index contributed by atoms with van der Waals surface area (Å²) in [5, 5.41) is 8.63. The van der Waals surface area contributed by atoms with Crippen LogP contribution in [0, 0.1) is 6.92 Å². The molecule has 0 bridgehead atoms. The molecule has 0 aliphatic rings. The third-order valence-electron chi connectivity index (χ3n) is 3.32. The van der Waals surface area contributed by atoms with E-state index in [0.29, 0.717) is 0 Å². The van der Waals surface area contributed by atoms with Gasteiger partial charge in [0.15, 0.2) is 0 Å². The summed E-state index contributed by atoms with van der Waals surface area (Å²) >= 11 is 0. The van der Waals surface area contributed by atoms with Crippen molar-refractivity contribution in [1.29, 1.82) is 0 Å². The number of anilines is 1. The minimum absolute atomic E-state index is 0.0405. The number of nitrogen functional groups attached to an aromatic ring is 1. The van der Waals surface area contributed by atoms with Crippen molar-refractivity contribution >= 4 is 17.1 Å². The Morgan fingerprint density at radius 1 is 0.950 bits per heavy atom. The predicted octanol–water partition coefficient (Wildman–Crippen LogP) is 5.29. The highest BCUT2D eigenvalue weighted by molar-refractivity contribution is 5.63. The fraction of sp³-hybridized carbons (Fsp3) is 0.294. The van der Waals surface area contributed by atoms with Crippen LogP contribution in [0.15, 0.2) is 52.7 Å². The highest BCUT2D eigenvalue weighted by atomic mass is 15.1. The van der Waals surface area contributed by atoms with Gasteiger partial charge in [0.2, 0.25) is 0 Å². The first kappa shape index (κ1) is 14.3. The largest absolute Gasteiger partial charge is 0.398 e. The Morgan fingerprint density at radius 3 is 2.20 bits per heavy atom. The molecule has 2 aromatic carbocycles. The second-order valence-electron chi connectivity index (χ2n) is 6.00. The molecular formula is C17H21N3. The lowest BCUT2D eigenvalue weighted by Gasteiger charge is -2.20. The van der Waals surface area contributed by atoms with Gasteiger partial charge in [0.1, 0.15) is 0 Å². The standard InChI is InChI=1S/C17H21N3/c1-12-15(18)10-13(17(2,3)4)11-16(12)20-19-14-8-6-5-7-9-14/h5-11H,18H2,1-4H3. The zero-order chi connectivity index (χ0) is 14.8. The lowest BCUT2D eigenvalue weighted by molar-refractivity contribution is 0.590. The van der Waals surface area contributed by atoms with Crippen LogP contribution in [0.25, 0.3) is 0 Å². The zero-order valence-electron chi connectivity index (χ0n) is 12.5.